The third kappa shape index (κ3) is 9.42. The number of hydrogen-bond acceptors (Lipinski definition) is 9. The highest BCUT2D eigenvalue weighted by Gasteiger charge is 2.35. The summed E-state index contributed by atoms with van der Waals surface area (Å²) in [7, 11) is 0. The van der Waals surface area contributed by atoms with Crippen LogP contribution in [-0.4, -0.2) is 29.9 Å². The molecule has 0 N–H and O–H groups in total. The van der Waals surface area contributed by atoms with Crippen LogP contribution in [-0.2, 0) is 5.41 Å². The van der Waals surface area contributed by atoms with Gasteiger partial charge >= 0.3 is 0 Å². The maximum atomic E-state index is 6.55. The van der Waals surface area contributed by atoms with Crippen LogP contribution in [0.5, 0.6) is 0 Å². The molecule has 21 aromatic rings. The highest BCUT2D eigenvalue weighted by Crippen LogP contribution is 2.52. The van der Waals surface area contributed by atoms with E-state index in [9.17, 15) is 0 Å². The van der Waals surface area contributed by atoms with Crippen molar-refractivity contribution in [1.29, 1.82) is 0 Å². The van der Waals surface area contributed by atoms with Crippen LogP contribution in [0.3, 0.4) is 0 Å². The molecule has 0 aliphatic heterocycles. The molecule has 0 unspecified atom stereocenters. The molecule has 0 radical (unpaired) electrons. The molecule has 0 saturated heterocycles. The highest BCUT2D eigenvalue weighted by molar-refractivity contribution is 7.27. The first-order valence-corrected chi connectivity index (χ1v) is 37.5. The van der Waals surface area contributed by atoms with E-state index in [1.165, 1.54) is 68.7 Å². The van der Waals surface area contributed by atoms with Gasteiger partial charge in [0.2, 0.25) is 0 Å². The number of furan rings is 1. The van der Waals surface area contributed by atoms with E-state index in [1.807, 2.05) is 40.9 Å². The first kappa shape index (κ1) is 60.4. The van der Waals surface area contributed by atoms with Gasteiger partial charge in [-0.3, -0.25) is 0 Å². The van der Waals surface area contributed by atoms with Crippen LogP contribution in [0.4, 0.5) is 0 Å². The van der Waals surface area contributed by atoms with Crippen molar-refractivity contribution in [2.24, 2.45) is 0 Å². The highest BCUT2D eigenvalue weighted by atomic mass is 32.1. The topological polar surface area (TPSA) is 90.5 Å². The summed E-state index contributed by atoms with van der Waals surface area (Å²) >= 11 is 3.63. The zero-order valence-electron chi connectivity index (χ0n) is 57.4. The maximum Gasteiger partial charge on any atom is 0.160 e. The zero-order valence-corrected chi connectivity index (χ0v) is 59.1. The third-order valence-corrected chi connectivity index (χ3v) is 24.3. The molecular formula is C97H58N6OS2. The molecule has 14 aromatic carbocycles. The predicted octanol–water partition coefficient (Wildman–Crippen LogP) is 26.6. The van der Waals surface area contributed by atoms with Crippen LogP contribution in [0.2, 0.25) is 0 Å². The molecule has 22 rings (SSSR count). The first-order chi connectivity index (χ1) is 52.3. The molecule has 7 nitrogen and oxygen atoms in total. The van der Waals surface area contributed by atoms with Gasteiger partial charge in [0.15, 0.2) is 11.6 Å². The Morgan fingerprint density at radius 3 is 1.39 bits per heavy atom. The zero-order chi connectivity index (χ0) is 69.9. The average molecular weight is 1390 g/mol. The lowest BCUT2D eigenvalue weighted by Crippen LogP contribution is -2.14. The van der Waals surface area contributed by atoms with Crippen molar-refractivity contribution in [3.8, 4) is 113 Å². The van der Waals surface area contributed by atoms with Crippen LogP contribution in [0.1, 0.15) is 25.0 Å². The minimum absolute atomic E-state index is 0.108. The number of para-hydroxylation sites is 2. The van der Waals surface area contributed by atoms with Crippen LogP contribution in [0, 0.1) is 0 Å². The smallest absolute Gasteiger partial charge is 0.160 e. The van der Waals surface area contributed by atoms with Gasteiger partial charge in [0.05, 0.1) is 45.2 Å². The second-order valence-corrected chi connectivity index (χ2v) is 30.4. The Kier molecular flexibility index (Phi) is 13.3. The van der Waals surface area contributed by atoms with Gasteiger partial charge in [-0.25, -0.2) is 29.9 Å². The monoisotopic (exact) mass is 1390 g/mol. The van der Waals surface area contributed by atoms with Gasteiger partial charge in [-0.1, -0.05) is 263 Å². The molecule has 0 fully saturated rings. The molecule has 7 aromatic heterocycles. The normalized spacial score (nSPS) is 12.7. The maximum absolute atomic E-state index is 6.55. The summed E-state index contributed by atoms with van der Waals surface area (Å²) < 4.78 is 11.3. The molecule has 494 valence electrons. The van der Waals surface area contributed by atoms with E-state index >= 15 is 0 Å². The van der Waals surface area contributed by atoms with Crippen LogP contribution < -0.4 is 0 Å². The molecule has 0 amide bonds. The molecule has 1 aliphatic carbocycles. The fraction of sp³-hybridized carbons (Fsp3) is 0.0309. The Bertz CT molecular complexity index is 7300. The van der Waals surface area contributed by atoms with E-state index in [4.69, 9.17) is 34.3 Å². The summed E-state index contributed by atoms with van der Waals surface area (Å²) in [6.07, 6.45) is 0. The van der Waals surface area contributed by atoms with Gasteiger partial charge in [0, 0.05) is 133 Å². The van der Waals surface area contributed by atoms with Crippen molar-refractivity contribution in [3.05, 3.63) is 327 Å². The van der Waals surface area contributed by atoms with Crippen LogP contribution in [0.15, 0.2) is 320 Å². The van der Waals surface area contributed by atoms with Crippen LogP contribution in [0.25, 0.3) is 218 Å². The third-order valence-electron chi connectivity index (χ3n) is 21.9. The summed E-state index contributed by atoms with van der Waals surface area (Å²) in [6, 6.07) is 113. The number of hydrogen-bond donors (Lipinski definition) is 0. The van der Waals surface area contributed by atoms with E-state index in [-0.39, 0.29) is 5.41 Å². The molecule has 106 heavy (non-hydrogen) atoms. The van der Waals surface area contributed by atoms with Gasteiger partial charge in [0.25, 0.3) is 0 Å². The molecule has 9 heteroatoms. The van der Waals surface area contributed by atoms with Crippen molar-refractivity contribution in [1.82, 2.24) is 29.9 Å². The lowest BCUT2D eigenvalue weighted by atomic mass is 9.82. The molecule has 1 aliphatic rings. The quantitative estimate of drug-likeness (QED) is 0.133. The van der Waals surface area contributed by atoms with Gasteiger partial charge in [-0.2, -0.15) is 0 Å². The number of rotatable bonds is 9. The molecule has 0 bridgehead atoms. The van der Waals surface area contributed by atoms with Crippen molar-refractivity contribution in [2.45, 2.75) is 19.3 Å². The van der Waals surface area contributed by atoms with Crippen molar-refractivity contribution >= 4 is 128 Å². The Hall–Kier alpha value is -13.2. The minimum atomic E-state index is -0.108. The number of benzene rings is 14. The van der Waals surface area contributed by atoms with E-state index in [2.05, 4.69) is 311 Å². The molecule has 0 saturated carbocycles. The molecule has 0 spiro atoms. The summed E-state index contributed by atoms with van der Waals surface area (Å²) in [5.74, 6) is 1.30. The van der Waals surface area contributed by atoms with Crippen molar-refractivity contribution < 1.29 is 4.42 Å². The Labute approximate surface area is 616 Å². The summed E-state index contributed by atoms with van der Waals surface area (Å²) in [5, 5.41) is 13.7. The first-order valence-electron chi connectivity index (χ1n) is 35.9. The molecule has 7 heterocycles. The number of thiophene rings is 2. The SMILES string of the molecule is CC1(C)c2ccccc2-c2cc(-c3cc(-c4cccc5c4sc4ccc6c(-c7ccccc7)nc7cc(-c8cccc(-c9nc(-c%10ccc%11c(c%10)oc%10ccccc%10%11)cc(-c%10cccc%11c%10sc%10ccc%12c(-c%13ccccc%13)nc%13ccccc%13c%12c%10%11)n9)c8)ccc7c6c45)nc(-c4ccccc4)n3)ccc21. The second kappa shape index (κ2) is 23.4. The summed E-state index contributed by atoms with van der Waals surface area (Å²) in [4.78, 5) is 32.9. The van der Waals surface area contributed by atoms with Gasteiger partial charge < -0.3 is 4.42 Å². The van der Waals surface area contributed by atoms with Crippen LogP contribution >= 0.6 is 22.7 Å². The Balaban J connectivity index is 0.700. The van der Waals surface area contributed by atoms with Gasteiger partial charge in [0.1, 0.15) is 11.2 Å². The number of aromatic nitrogens is 6. The average Bonchev–Trinajstić information content (AvgIpc) is 1.65. The number of pyridine rings is 2. The summed E-state index contributed by atoms with van der Waals surface area (Å²) in [6.45, 7) is 4.66. The molecular weight excluding hydrogens is 1330 g/mol. The fourth-order valence-electron chi connectivity index (χ4n) is 16.8. The van der Waals surface area contributed by atoms with E-state index in [0.717, 1.165) is 149 Å². The van der Waals surface area contributed by atoms with Crippen molar-refractivity contribution in [3.63, 3.8) is 0 Å². The van der Waals surface area contributed by atoms with Gasteiger partial charge in [-0.05, 0) is 100 Å². The Morgan fingerprint density at radius 2 is 0.708 bits per heavy atom. The second-order valence-electron chi connectivity index (χ2n) is 28.3. The lowest BCUT2D eigenvalue weighted by Gasteiger charge is -2.21. The largest absolute Gasteiger partial charge is 0.456 e. The lowest BCUT2D eigenvalue weighted by molar-refractivity contribution is 0.660. The Morgan fingerprint density at radius 1 is 0.255 bits per heavy atom. The van der Waals surface area contributed by atoms with Crippen molar-refractivity contribution in [2.75, 3.05) is 0 Å². The predicted molar refractivity (Wildman–Crippen MR) is 443 cm³/mol. The minimum Gasteiger partial charge on any atom is -0.456 e. The number of fused-ring (bicyclic) bond motifs is 20. The van der Waals surface area contributed by atoms with E-state index in [1.54, 1.807) is 0 Å². The standard InChI is InChI=1S/C97H58N6OS2/c1-97(2)75-36-15-12-29-63(75)74-50-60(41-46-76(74)97)78-53-81(102-95(100-78)57-25-10-5-11-26-57)68-32-19-35-73-90-86(106-93(68)73)48-45-71-88(90)67-43-39-59(51-80(67)99-92(71)56-23-8-4-9-24-56)58-27-18-28-62(49-58)96-101-79(61-40-42-65-64-30-14-17-38-83(64)104-84(65)52-61)54-82(103-96)69-33-20-34-72-89-85(105-94(69)72)47-44-70-87(89)66-31-13-16-37-77(66)98-91(70)55-21-6-3-7-22-55/h3-54H,1-2H3. The summed E-state index contributed by atoms with van der Waals surface area (Å²) in [5.41, 5.74) is 24.1. The van der Waals surface area contributed by atoms with Gasteiger partial charge in [-0.15, -0.1) is 22.7 Å². The molecule has 0 atom stereocenters. The van der Waals surface area contributed by atoms with E-state index in [0.29, 0.717) is 11.6 Å². The van der Waals surface area contributed by atoms with E-state index < -0.39 is 0 Å². The number of nitrogens with zero attached hydrogens (tertiary/aromatic N) is 6. The fourth-order valence-corrected chi connectivity index (χ4v) is 19.3.